The lowest BCUT2D eigenvalue weighted by Gasteiger charge is -1.98. The molecule has 0 bridgehead atoms. The van der Waals surface area contributed by atoms with Gasteiger partial charge in [0.05, 0.1) is 0 Å². The van der Waals surface area contributed by atoms with Crippen LogP contribution in [0, 0.1) is 13.8 Å². The van der Waals surface area contributed by atoms with E-state index in [-0.39, 0.29) is 0 Å². The molecule has 0 fully saturated rings. The summed E-state index contributed by atoms with van der Waals surface area (Å²) in [5.74, 6) is 1.13. The van der Waals surface area contributed by atoms with Gasteiger partial charge in [0.15, 0.2) is 0 Å². The van der Waals surface area contributed by atoms with Gasteiger partial charge in [-0.1, -0.05) is 28.9 Å². The van der Waals surface area contributed by atoms with Gasteiger partial charge in [0.2, 0.25) is 11.7 Å². The zero-order valence-electron chi connectivity index (χ0n) is 7.91. The lowest BCUT2D eigenvalue weighted by atomic mass is 10.1. The minimum Gasteiger partial charge on any atom is -0.339 e. The number of halogens is 1. The molecule has 72 valence electrons. The molecule has 0 saturated carbocycles. The molecule has 0 aliphatic heterocycles. The van der Waals surface area contributed by atoms with E-state index in [1.807, 2.05) is 25.1 Å². The van der Waals surface area contributed by atoms with Crippen molar-refractivity contribution in [1.82, 2.24) is 10.1 Å². The Bertz CT molecular complexity index is 465. The molecule has 1 aromatic heterocycles. The molecule has 4 heteroatoms. The second-order valence-corrected chi connectivity index (χ2v) is 3.51. The smallest absolute Gasteiger partial charge is 0.223 e. The Morgan fingerprint density at radius 2 is 2.07 bits per heavy atom. The first-order valence-corrected chi connectivity index (χ1v) is 4.61. The number of hydrogen-bond acceptors (Lipinski definition) is 3. The van der Waals surface area contributed by atoms with Gasteiger partial charge in [0.1, 0.15) is 0 Å². The van der Waals surface area contributed by atoms with Crippen molar-refractivity contribution in [2.75, 3.05) is 0 Å². The normalized spacial score (nSPS) is 10.5. The van der Waals surface area contributed by atoms with Crippen LogP contribution in [0.1, 0.15) is 11.5 Å². The highest BCUT2D eigenvalue weighted by atomic mass is 35.5. The predicted octanol–water partition coefficient (Wildman–Crippen LogP) is 3.01. The third-order valence-electron chi connectivity index (χ3n) is 1.96. The van der Waals surface area contributed by atoms with Crippen molar-refractivity contribution in [3.63, 3.8) is 0 Å². The highest BCUT2D eigenvalue weighted by Gasteiger charge is 2.06. The van der Waals surface area contributed by atoms with Crippen LogP contribution in [0.15, 0.2) is 22.7 Å². The average molecular weight is 209 g/mol. The number of hydrogen-bond donors (Lipinski definition) is 0. The molecule has 1 aromatic carbocycles. The Hall–Kier alpha value is -1.35. The zero-order chi connectivity index (χ0) is 10.1. The second-order valence-electron chi connectivity index (χ2n) is 3.10. The first-order valence-electron chi connectivity index (χ1n) is 4.23. The van der Waals surface area contributed by atoms with Gasteiger partial charge >= 0.3 is 0 Å². The number of rotatable bonds is 1. The summed E-state index contributed by atoms with van der Waals surface area (Å²) in [6, 6.07) is 5.69. The standard InChI is InChI=1S/C10H9ClN2O/c1-6-3-4-8(5-9(6)11)10-12-7(2)14-13-10/h3-5H,1-2H3. The van der Waals surface area contributed by atoms with Gasteiger partial charge in [-0.25, -0.2) is 0 Å². The molecule has 0 saturated heterocycles. The maximum atomic E-state index is 5.98. The summed E-state index contributed by atoms with van der Waals surface area (Å²) in [5.41, 5.74) is 1.91. The Morgan fingerprint density at radius 3 is 2.64 bits per heavy atom. The van der Waals surface area contributed by atoms with E-state index in [9.17, 15) is 0 Å². The minimum absolute atomic E-state index is 0.552. The molecule has 1 heterocycles. The number of nitrogens with zero attached hydrogens (tertiary/aromatic N) is 2. The van der Waals surface area contributed by atoms with E-state index in [4.69, 9.17) is 16.1 Å². The van der Waals surface area contributed by atoms with Crippen LogP contribution in [0.3, 0.4) is 0 Å². The number of aryl methyl sites for hydroxylation is 2. The van der Waals surface area contributed by atoms with Crippen LogP contribution >= 0.6 is 11.6 Å². The van der Waals surface area contributed by atoms with E-state index in [0.29, 0.717) is 16.7 Å². The molecule has 0 aliphatic carbocycles. The van der Waals surface area contributed by atoms with Crippen LogP contribution in [-0.4, -0.2) is 10.1 Å². The Kier molecular flexibility index (Phi) is 2.25. The van der Waals surface area contributed by atoms with Crippen molar-refractivity contribution in [2.45, 2.75) is 13.8 Å². The van der Waals surface area contributed by atoms with Crippen LogP contribution in [0.25, 0.3) is 11.4 Å². The maximum Gasteiger partial charge on any atom is 0.223 e. The van der Waals surface area contributed by atoms with Crippen molar-refractivity contribution < 1.29 is 4.52 Å². The number of benzene rings is 1. The van der Waals surface area contributed by atoms with E-state index in [0.717, 1.165) is 11.1 Å². The zero-order valence-corrected chi connectivity index (χ0v) is 8.67. The summed E-state index contributed by atoms with van der Waals surface area (Å²) in [4.78, 5) is 4.12. The summed E-state index contributed by atoms with van der Waals surface area (Å²) < 4.78 is 4.88. The molecular weight excluding hydrogens is 200 g/mol. The monoisotopic (exact) mass is 208 g/mol. The summed E-state index contributed by atoms with van der Waals surface area (Å²) in [6.07, 6.45) is 0. The van der Waals surface area contributed by atoms with E-state index in [1.54, 1.807) is 6.92 Å². The van der Waals surface area contributed by atoms with Crippen LogP contribution in [0.2, 0.25) is 5.02 Å². The highest BCUT2D eigenvalue weighted by Crippen LogP contribution is 2.22. The molecule has 0 aliphatic rings. The molecule has 0 radical (unpaired) electrons. The predicted molar refractivity (Wildman–Crippen MR) is 54.2 cm³/mol. The molecule has 2 rings (SSSR count). The maximum absolute atomic E-state index is 5.98. The lowest BCUT2D eigenvalue weighted by molar-refractivity contribution is 0.394. The van der Waals surface area contributed by atoms with Crippen LogP contribution < -0.4 is 0 Å². The van der Waals surface area contributed by atoms with Gasteiger partial charge in [0.25, 0.3) is 0 Å². The van der Waals surface area contributed by atoms with E-state index in [1.165, 1.54) is 0 Å². The molecule has 3 nitrogen and oxygen atoms in total. The Labute approximate surface area is 86.7 Å². The quantitative estimate of drug-likeness (QED) is 0.723. The van der Waals surface area contributed by atoms with E-state index in [2.05, 4.69) is 10.1 Å². The van der Waals surface area contributed by atoms with Crippen molar-refractivity contribution in [3.8, 4) is 11.4 Å². The highest BCUT2D eigenvalue weighted by molar-refractivity contribution is 6.31. The summed E-state index contributed by atoms with van der Waals surface area (Å²) >= 11 is 5.98. The fraction of sp³-hybridized carbons (Fsp3) is 0.200. The third-order valence-corrected chi connectivity index (χ3v) is 2.36. The van der Waals surface area contributed by atoms with Crippen LogP contribution in [0.5, 0.6) is 0 Å². The molecular formula is C10H9ClN2O. The van der Waals surface area contributed by atoms with Crippen LogP contribution in [-0.2, 0) is 0 Å². The molecule has 0 unspecified atom stereocenters. The first kappa shape index (κ1) is 9.21. The van der Waals surface area contributed by atoms with Gasteiger partial charge in [-0.05, 0) is 18.6 Å². The van der Waals surface area contributed by atoms with Crippen molar-refractivity contribution in [2.24, 2.45) is 0 Å². The SMILES string of the molecule is Cc1nc(-c2ccc(C)c(Cl)c2)no1. The average Bonchev–Trinajstić information content (AvgIpc) is 2.57. The van der Waals surface area contributed by atoms with Gasteiger partial charge in [0, 0.05) is 17.5 Å². The molecule has 0 amide bonds. The third kappa shape index (κ3) is 1.63. The molecule has 0 atom stereocenters. The Morgan fingerprint density at radius 1 is 1.29 bits per heavy atom. The van der Waals surface area contributed by atoms with Crippen molar-refractivity contribution in [3.05, 3.63) is 34.7 Å². The molecule has 2 aromatic rings. The second kappa shape index (κ2) is 3.42. The lowest BCUT2D eigenvalue weighted by Crippen LogP contribution is -1.82. The fourth-order valence-electron chi connectivity index (χ4n) is 1.15. The van der Waals surface area contributed by atoms with Gasteiger partial charge in [-0.2, -0.15) is 4.98 Å². The van der Waals surface area contributed by atoms with Crippen molar-refractivity contribution >= 4 is 11.6 Å². The largest absolute Gasteiger partial charge is 0.339 e. The minimum atomic E-state index is 0.552. The van der Waals surface area contributed by atoms with Crippen molar-refractivity contribution in [1.29, 1.82) is 0 Å². The molecule has 0 N–H and O–H groups in total. The Balaban J connectivity index is 2.47. The fourth-order valence-corrected chi connectivity index (χ4v) is 1.33. The van der Waals surface area contributed by atoms with Gasteiger partial charge in [-0.15, -0.1) is 0 Å². The van der Waals surface area contributed by atoms with Gasteiger partial charge in [-0.3, -0.25) is 0 Å². The topological polar surface area (TPSA) is 38.9 Å². The molecule has 14 heavy (non-hydrogen) atoms. The molecule has 0 spiro atoms. The first-order chi connectivity index (χ1) is 6.66. The van der Waals surface area contributed by atoms with Crippen LogP contribution in [0.4, 0.5) is 0 Å². The summed E-state index contributed by atoms with van der Waals surface area (Å²) in [7, 11) is 0. The van der Waals surface area contributed by atoms with E-state index < -0.39 is 0 Å². The van der Waals surface area contributed by atoms with E-state index >= 15 is 0 Å². The summed E-state index contributed by atoms with van der Waals surface area (Å²) in [6.45, 7) is 3.71. The summed E-state index contributed by atoms with van der Waals surface area (Å²) in [5, 5.41) is 4.52. The van der Waals surface area contributed by atoms with Gasteiger partial charge < -0.3 is 4.52 Å². The number of aromatic nitrogens is 2.